The number of hydrogen-bond acceptors (Lipinski definition) is 5. The molecule has 0 aromatic heterocycles. The summed E-state index contributed by atoms with van der Waals surface area (Å²) in [6, 6.07) is 2.45. The van der Waals surface area contributed by atoms with E-state index in [0.29, 0.717) is 26.3 Å². The molecule has 1 aliphatic heterocycles. The number of amides is 1. The maximum absolute atomic E-state index is 12.6. The largest absolute Gasteiger partial charge is 0.393 e. The van der Waals surface area contributed by atoms with Gasteiger partial charge in [-0.15, -0.1) is 0 Å². The molecular formula is C18H29N3O3. The van der Waals surface area contributed by atoms with E-state index in [9.17, 15) is 15.2 Å². The van der Waals surface area contributed by atoms with Crippen molar-refractivity contribution in [2.45, 2.75) is 69.1 Å². The quantitative estimate of drug-likeness (QED) is 0.806. The Balaban J connectivity index is 1.60. The highest BCUT2D eigenvalue weighted by Crippen LogP contribution is 2.32. The Kier molecular flexibility index (Phi) is 5.75. The fraction of sp³-hybridized carbons (Fsp3) is 0.889. The summed E-state index contributed by atoms with van der Waals surface area (Å²) in [4.78, 5) is 14.7. The second-order valence-electron chi connectivity index (χ2n) is 7.58. The molecule has 0 radical (unpaired) electrons. The third-order valence-corrected chi connectivity index (χ3v) is 5.95. The van der Waals surface area contributed by atoms with Crippen molar-refractivity contribution in [1.82, 2.24) is 10.2 Å². The SMILES string of the molecule is N#CC1(NC(=O)CN2CCOC[C@@H]2[C@@H]2CCC[C@H]2O)CCCCC1. The van der Waals surface area contributed by atoms with E-state index < -0.39 is 5.54 Å². The molecule has 6 nitrogen and oxygen atoms in total. The van der Waals surface area contributed by atoms with E-state index in [2.05, 4.69) is 16.3 Å². The Labute approximate surface area is 144 Å². The van der Waals surface area contributed by atoms with E-state index in [0.717, 1.165) is 51.4 Å². The Morgan fingerprint density at radius 3 is 2.75 bits per heavy atom. The molecular weight excluding hydrogens is 306 g/mol. The average Bonchev–Trinajstić information content (AvgIpc) is 3.02. The van der Waals surface area contributed by atoms with Gasteiger partial charge in [0.2, 0.25) is 5.91 Å². The van der Waals surface area contributed by atoms with Gasteiger partial charge in [0, 0.05) is 18.5 Å². The van der Waals surface area contributed by atoms with E-state index >= 15 is 0 Å². The van der Waals surface area contributed by atoms with E-state index in [1.165, 1.54) is 0 Å². The lowest BCUT2D eigenvalue weighted by Gasteiger charge is -2.40. The van der Waals surface area contributed by atoms with Crippen LogP contribution in [0.1, 0.15) is 51.4 Å². The van der Waals surface area contributed by atoms with Crippen LogP contribution in [0.15, 0.2) is 0 Å². The minimum absolute atomic E-state index is 0.0714. The summed E-state index contributed by atoms with van der Waals surface area (Å²) >= 11 is 0. The number of rotatable bonds is 4. The molecule has 3 rings (SSSR count). The number of nitrogens with one attached hydrogen (secondary N) is 1. The van der Waals surface area contributed by atoms with Gasteiger partial charge in [0.05, 0.1) is 31.9 Å². The van der Waals surface area contributed by atoms with Gasteiger partial charge in [-0.25, -0.2) is 0 Å². The lowest BCUT2D eigenvalue weighted by Crippen LogP contribution is -2.57. The molecule has 2 N–H and O–H groups in total. The zero-order valence-electron chi connectivity index (χ0n) is 14.4. The Hall–Kier alpha value is -1.16. The number of nitrogens with zero attached hydrogens (tertiary/aromatic N) is 2. The minimum Gasteiger partial charge on any atom is -0.393 e. The van der Waals surface area contributed by atoms with E-state index in [4.69, 9.17) is 4.74 Å². The molecule has 24 heavy (non-hydrogen) atoms. The van der Waals surface area contributed by atoms with Gasteiger partial charge in [-0.2, -0.15) is 5.26 Å². The van der Waals surface area contributed by atoms with Gasteiger partial charge in [0.1, 0.15) is 5.54 Å². The van der Waals surface area contributed by atoms with E-state index in [-0.39, 0.29) is 24.0 Å². The first-order valence-electron chi connectivity index (χ1n) is 9.36. The molecule has 0 bridgehead atoms. The summed E-state index contributed by atoms with van der Waals surface area (Å²) in [7, 11) is 0. The van der Waals surface area contributed by atoms with Crippen LogP contribution in [0.4, 0.5) is 0 Å². The number of morpholine rings is 1. The first-order valence-corrected chi connectivity index (χ1v) is 9.36. The highest BCUT2D eigenvalue weighted by atomic mass is 16.5. The maximum Gasteiger partial charge on any atom is 0.235 e. The summed E-state index contributed by atoms with van der Waals surface area (Å²) in [5.74, 6) is 0.121. The highest BCUT2D eigenvalue weighted by Gasteiger charge is 2.39. The van der Waals surface area contributed by atoms with Crippen LogP contribution in [0.5, 0.6) is 0 Å². The summed E-state index contributed by atoms with van der Waals surface area (Å²) in [6.45, 7) is 2.20. The summed E-state index contributed by atoms with van der Waals surface area (Å²) in [5, 5.41) is 22.7. The fourth-order valence-corrected chi connectivity index (χ4v) is 4.58. The van der Waals surface area contributed by atoms with E-state index in [1.807, 2.05) is 0 Å². The number of carbonyl (C=O) groups excluding carboxylic acids is 1. The first-order chi connectivity index (χ1) is 11.6. The van der Waals surface area contributed by atoms with Crippen LogP contribution in [0, 0.1) is 17.2 Å². The third-order valence-electron chi connectivity index (χ3n) is 5.95. The van der Waals surface area contributed by atoms with Gasteiger partial charge in [0.25, 0.3) is 0 Å². The normalized spacial score (nSPS) is 33.8. The smallest absolute Gasteiger partial charge is 0.235 e. The average molecular weight is 335 g/mol. The monoisotopic (exact) mass is 335 g/mol. The van der Waals surface area contributed by atoms with Crippen molar-refractivity contribution in [3.8, 4) is 6.07 Å². The van der Waals surface area contributed by atoms with Gasteiger partial charge < -0.3 is 15.2 Å². The summed E-state index contributed by atoms with van der Waals surface area (Å²) in [6.07, 6.45) is 7.25. The number of nitriles is 1. The lowest BCUT2D eigenvalue weighted by molar-refractivity contribution is -0.128. The molecule has 0 aromatic rings. The number of ether oxygens (including phenoxy) is 1. The van der Waals surface area contributed by atoms with Crippen LogP contribution >= 0.6 is 0 Å². The van der Waals surface area contributed by atoms with Gasteiger partial charge >= 0.3 is 0 Å². The molecule has 1 heterocycles. The van der Waals surface area contributed by atoms with Crippen LogP contribution in [0.3, 0.4) is 0 Å². The molecule has 0 aromatic carbocycles. The highest BCUT2D eigenvalue weighted by molar-refractivity contribution is 5.79. The van der Waals surface area contributed by atoms with Crippen LogP contribution in [0.2, 0.25) is 0 Å². The second kappa shape index (κ2) is 7.81. The third kappa shape index (κ3) is 3.90. The molecule has 0 unspecified atom stereocenters. The lowest BCUT2D eigenvalue weighted by atomic mass is 9.83. The predicted molar refractivity (Wildman–Crippen MR) is 89.1 cm³/mol. The standard InChI is InChI=1S/C18H29N3O3/c19-13-18(7-2-1-3-8-18)20-17(23)11-21-9-10-24-12-15(21)14-5-4-6-16(14)22/h14-16,22H,1-12H2,(H,20,23)/t14-,15+,16+/m0/s1. The number of carbonyl (C=O) groups is 1. The number of hydrogen-bond donors (Lipinski definition) is 2. The van der Waals surface area contributed by atoms with Gasteiger partial charge in [-0.1, -0.05) is 25.7 Å². The molecule has 1 amide bonds. The Morgan fingerprint density at radius 2 is 2.08 bits per heavy atom. The number of aliphatic hydroxyl groups excluding tert-OH is 1. The molecule has 134 valence electrons. The zero-order valence-corrected chi connectivity index (χ0v) is 14.4. The van der Waals surface area contributed by atoms with Crippen LogP contribution in [-0.2, 0) is 9.53 Å². The molecule has 3 fully saturated rings. The van der Waals surface area contributed by atoms with Crippen LogP contribution < -0.4 is 5.32 Å². The van der Waals surface area contributed by atoms with Crippen molar-refractivity contribution in [2.75, 3.05) is 26.3 Å². The second-order valence-corrected chi connectivity index (χ2v) is 7.58. The van der Waals surface area contributed by atoms with Crippen molar-refractivity contribution in [2.24, 2.45) is 5.92 Å². The van der Waals surface area contributed by atoms with E-state index in [1.54, 1.807) is 0 Å². The topological polar surface area (TPSA) is 85.6 Å². The van der Waals surface area contributed by atoms with Crippen molar-refractivity contribution >= 4 is 5.91 Å². The molecule has 0 spiro atoms. The molecule has 3 atom stereocenters. The van der Waals surface area contributed by atoms with Crippen molar-refractivity contribution in [3.05, 3.63) is 0 Å². The van der Waals surface area contributed by atoms with Crippen LogP contribution in [-0.4, -0.2) is 59.9 Å². The minimum atomic E-state index is -0.677. The predicted octanol–water partition coefficient (Wildman–Crippen LogP) is 1.19. The molecule has 2 saturated carbocycles. The Bertz CT molecular complexity index is 484. The summed E-state index contributed by atoms with van der Waals surface area (Å²) in [5.41, 5.74) is -0.677. The maximum atomic E-state index is 12.6. The number of aliphatic hydroxyl groups is 1. The van der Waals surface area contributed by atoms with Gasteiger partial charge in [-0.05, 0) is 25.7 Å². The Morgan fingerprint density at radius 1 is 1.29 bits per heavy atom. The van der Waals surface area contributed by atoms with Gasteiger partial charge in [-0.3, -0.25) is 9.69 Å². The molecule has 3 aliphatic rings. The van der Waals surface area contributed by atoms with Crippen molar-refractivity contribution < 1.29 is 14.6 Å². The van der Waals surface area contributed by atoms with Gasteiger partial charge in [0.15, 0.2) is 0 Å². The molecule has 2 aliphatic carbocycles. The molecule has 6 heteroatoms. The first kappa shape index (κ1) is 17.7. The van der Waals surface area contributed by atoms with Crippen molar-refractivity contribution in [3.63, 3.8) is 0 Å². The zero-order chi connectivity index (χ0) is 17.0. The fourth-order valence-electron chi connectivity index (χ4n) is 4.58. The molecule has 1 saturated heterocycles. The summed E-state index contributed by atoms with van der Waals surface area (Å²) < 4.78 is 5.61. The van der Waals surface area contributed by atoms with Crippen molar-refractivity contribution in [1.29, 1.82) is 5.26 Å². The van der Waals surface area contributed by atoms with Crippen LogP contribution in [0.25, 0.3) is 0 Å².